The molecule has 0 aliphatic heterocycles. The van der Waals surface area contributed by atoms with Gasteiger partial charge in [-0.15, -0.1) is 0 Å². The van der Waals surface area contributed by atoms with E-state index in [2.05, 4.69) is 9.98 Å². The maximum Gasteiger partial charge on any atom is 0.335 e. The summed E-state index contributed by atoms with van der Waals surface area (Å²) in [5.74, 6) is 0.232. The Labute approximate surface area is 133 Å². The molecule has 5 heteroatoms. The van der Waals surface area contributed by atoms with E-state index in [1.54, 1.807) is 55.9 Å². The molecule has 0 unspecified atom stereocenters. The minimum atomic E-state index is -0.950. The number of hydrogen-bond donors (Lipinski definition) is 1. The number of aliphatic imine (C=N–C) groups is 1. The Hall–Kier alpha value is -3.21. The van der Waals surface area contributed by atoms with Gasteiger partial charge in [0.1, 0.15) is 11.5 Å². The van der Waals surface area contributed by atoms with Crippen LogP contribution in [0.5, 0.6) is 0 Å². The summed E-state index contributed by atoms with van der Waals surface area (Å²) in [6.45, 7) is 1.77. The van der Waals surface area contributed by atoms with Crippen LogP contribution < -0.4 is 0 Å². The Morgan fingerprint density at radius 3 is 2.87 bits per heavy atom. The molecule has 0 fully saturated rings. The number of carboxylic acid groups (broad SMARTS) is 1. The Balaban J connectivity index is 1.86. The predicted molar refractivity (Wildman–Crippen MR) is 87.3 cm³/mol. The zero-order valence-corrected chi connectivity index (χ0v) is 12.4. The van der Waals surface area contributed by atoms with E-state index in [-0.39, 0.29) is 5.56 Å². The highest BCUT2D eigenvalue weighted by Gasteiger charge is 2.10. The van der Waals surface area contributed by atoms with Gasteiger partial charge in [-0.1, -0.05) is 12.1 Å². The topological polar surface area (TPSA) is 75.7 Å². The van der Waals surface area contributed by atoms with Gasteiger partial charge in [-0.05, 0) is 42.8 Å². The number of aromatic carboxylic acids is 1. The molecule has 1 N–H and O–H groups in total. The first-order valence-electron chi connectivity index (χ1n) is 7.02. The molecular weight excluding hydrogens is 292 g/mol. The molecule has 0 aliphatic carbocycles. The van der Waals surface area contributed by atoms with E-state index in [1.165, 1.54) is 0 Å². The average molecular weight is 306 g/mol. The van der Waals surface area contributed by atoms with Gasteiger partial charge in [-0.2, -0.15) is 0 Å². The molecule has 0 aliphatic rings. The standard InChI is InChI=1S/C18H14N2O3/c1-12-4-5-13(9-16(12)18(21)22)17-7-6-15(23-17)11-20-14-3-2-8-19-10-14/h2-11H,1H3,(H,21,22). The maximum absolute atomic E-state index is 11.2. The fourth-order valence-electron chi connectivity index (χ4n) is 2.15. The van der Waals surface area contributed by atoms with E-state index in [0.29, 0.717) is 22.6 Å². The number of aromatic nitrogens is 1. The van der Waals surface area contributed by atoms with Crippen LogP contribution in [0, 0.1) is 6.92 Å². The summed E-state index contributed by atoms with van der Waals surface area (Å²) in [6.07, 6.45) is 4.94. The van der Waals surface area contributed by atoms with Crippen molar-refractivity contribution in [3.63, 3.8) is 0 Å². The molecule has 3 rings (SSSR count). The lowest BCUT2D eigenvalue weighted by Gasteiger charge is -2.03. The number of carboxylic acids is 1. The van der Waals surface area contributed by atoms with Gasteiger partial charge in [0.25, 0.3) is 0 Å². The number of aryl methyl sites for hydroxylation is 1. The Morgan fingerprint density at radius 2 is 2.13 bits per heavy atom. The second-order valence-electron chi connectivity index (χ2n) is 5.01. The van der Waals surface area contributed by atoms with Gasteiger partial charge < -0.3 is 9.52 Å². The number of hydrogen-bond acceptors (Lipinski definition) is 4. The summed E-state index contributed by atoms with van der Waals surface area (Å²) in [4.78, 5) is 19.5. The largest absolute Gasteiger partial charge is 0.478 e. The van der Waals surface area contributed by atoms with Crippen molar-refractivity contribution in [2.75, 3.05) is 0 Å². The molecule has 1 aromatic carbocycles. The second-order valence-corrected chi connectivity index (χ2v) is 5.01. The third kappa shape index (κ3) is 3.35. The molecule has 0 spiro atoms. The maximum atomic E-state index is 11.2. The van der Waals surface area contributed by atoms with E-state index in [4.69, 9.17) is 4.42 Å². The smallest absolute Gasteiger partial charge is 0.335 e. The van der Waals surface area contributed by atoms with Crippen molar-refractivity contribution in [2.45, 2.75) is 6.92 Å². The first kappa shape index (κ1) is 14.7. The zero-order valence-electron chi connectivity index (χ0n) is 12.4. The first-order valence-corrected chi connectivity index (χ1v) is 7.02. The Kier molecular flexibility index (Phi) is 4.01. The number of carbonyl (C=O) groups is 1. The van der Waals surface area contributed by atoms with Crippen LogP contribution in [0.15, 0.2) is 64.3 Å². The highest BCUT2D eigenvalue weighted by molar-refractivity contribution is 5.91. The summed E-state index contributed by atoms with van der Waals surface area (Å²) < 4.78 is 5.70. The molecule has 0 atom stereocenters. The normalized spacial score (nSPS) is 11.0. The van der Waals surface area contributed by atoms with Crippen molar-refractivity contribution in [1.82, 2.24) is 4.98 Å². The molecule has 0 bridgehead atoms. The summed E-state index contributed by atoms with van der Waals surface area (Å²) >= 11 is 0. The van der Waals surface area contributed by atoms with Crippen LogP contribution in [-0.4, -0.2) is 22.3 Å². The van der Waals surface area contributed by atoms with Gasteiger partial charge in [0, 0.05) is 11.8 Å². The molecule has 114 valence electrons. The van der Waals surface area contributed by atoms with Crippen LogP contribution in [0.4, 0.5) is 5.69 Å². The van der Waals surface area contributed by atoms with Crippen LogP contribution in [0.25, 0.3) is 11.3 Å². The van der Waals surface area contributed by atoms with Crippen LogP contribution in [0.2, 0.25) is 0 Å². The molecule has 3 aromatic rings. The molecule has 2 heterocycles. The lowest BCUT2D eigenvalue weighted by molar-refractivity contribution is 0.0696. The van der Waals surface area contributed by atoms with Crippen molar-refractivity contribution in [2.24, 2.45) is 4.99 Å². The molecule has 0 saturated carbocycles. The number of furan rings is 1. The summed E-state index contributed by atoms with van der Waals surface area (Å²) in [6, 6.07) is 12.4. The van der Waals surface area contributed by atoms with Gasteiger partial charge in [-0.25, -0.2) is 4.79 Å². The second kappa shape index (κ2) is 6.27. The molecule has 5 nitrogen and oxygen atoms in total. The number of rotatable bonds is 4. The summed E-state index contributed by atoms with van der Waals surface area (Å²) in [5, 5.41) is 9.19. The molecule has 2 aromatic heterocycles. The quantitative estimate of drug-likeness (QED) is 0.736. The number of nitrogens with zero attached hydrogens (tertiary/aromatic N) is 2. The molecular formula is C18H14N2O3. The minimum absolute atomic E-state index is 0.268. The zero-order chi connectivity index (χ0) is 16.2. The fourth-order valence-corrected chi connectivity index (χ4v) is 2.15. The fraction of sp³-hybridized carbons (Fsp3) is 0.0556. The molecule has 0 radical (unpaired) electrons. The number of benzene rings is 1. The third-order valence-corrected chi connectivity index (χ3v) is 3.37. The third-order valence-electron chi connectivity index (χ3n) is 3.37. The van der Waals surface area contributed by atoms with Gasteiger partial charge in [0.2, 0.25) is 0 Å². The van der Waals surface area contributed by atoms with Gasteiger partial charge in [0.05, 0.1) is 23.7 Å². The SMILES string of the molecule is Cc1ccc(-c2ccc(C=Nc3cccnc3)o2)cc1C(=O)O. The average Bonchev–Trinajstić information content (AvgIpc) is 3.03. The van der Waals surface area contributed by atoms with E-state index >= 15 is 0 Å². The van der Waals surface area contributed by atoms with E-state index in [9.17, 15) is 9.90 Å². The Morgan fingerprint density at radius 1 is 1.26 bits per heavy atom. The van der Waals surface area contributed by atoms with Crippen LogP contribution >= 0.6 is 0 Å². The lowest BCUT2D eigenvalue weighted by Crippen LogP contribution is -1.99. The van der Waals surface area contributed by atoms with Crippen LogP contribution in [0.1, 0.15) is 21.7 Å². The van der Waals surface area contributed by atoms with Gasteiger partial charge in [-0.3, -0.25) is 9.98 Å². The monoisotopic (exact) mass is 306 g/mol. The van der Waals surface area contributed by atoms with Crippen LogP contribution in [-0.2, 0) is 0 Å². The summed E-state index contributed by atoms with van der Waals surface area (Å²) in [7, 11) is 0. The molecule has 0 saturated heterocycles. The van der Waals surface area contributed by atoms with E-state index < -0.39 is 5.97 Å². The highest BCUT2D eigenvalue weighted by Crippen LogP contribution is 2.24. The minimum Gasteiger partial charge on any atom is -0.478 e. The highest BCUT2D eigenvalue weighted by atomic mass is 16.4. The van der Waals surface area contributed by atoms with Gasteiger partial charge >= 0.3 is 5.97 Å². The van der Waals surface area contributed by atoms with Crippen molar-refractivity contribution in [3.8, 4) is 11.3 Å². The van der Waals surface area contributed by atoms with Gasteiger partial charge in [0.15, 0.2) is 0 Å². The molecule has 0 amide bonds. The van der Waals surface area contributed by atoms with Crippen molar-refractivity contribution < 1.29 is 14.3 Å². The van der Waals surface area contributed by atoms with Crippen LogP contribution in [0.3, 0.4) is 0 Å². The van der Waals surface area contributed by atoms with E-state index in [1.807, 2.05) is 12.1 Å². The van der Waals surface area contributed by atoms with E-state index in [0.717, 1.165) is 5.69 Å². The van der Waals surface area contributed by atoms with Crippen molar-refractivity contribution >= 4 is 17.9 Å². The number of pyridine rings is 1. The predicted octanol–water partition coefficient (Wildman–Crippen LogP) is 4.10. The first-order chi connectivity index (χ1) is 11.1. The van der Waals surface area contributed by atoms with Crippen molar-refractivity contribution in [1.29, 1.82) is 0 Å². The molecule has 23 heavy (non-hydrogen) atoms. The van der Waals surface area contributed by atoms with Crippen molar-refractivity contribution in [3.05, 3.63) is 71.7 Å². The summed E-state index contributed by atoms with van der Waals surface area (Å²) in [5.41, 5.74) is 2.43. The lowest BCUT2D eigenvalue weighted by atomic mass is 10.0. The Bertz CT molecular complexity index is 867.